The monoisotopic (exact) mass is 554 g/mol. The second-order valence-corrected chi connectivity index (χ2v) is 21.7. The van der Waals surface area contributed by atoms with Gasteiger partial charge in [0, 0.05) is 24.7 Å². The minimum Gasteiger partial charge on any atom is -0.481 e. The number of aliphatic carboxylic acids is 1. The standard InChI is InChI=1S/C30H58O5Si2/c1-9-13-22-30(5,35-36(6,7)8)23-18-20-26-25(19-16-14-15-17-21-29(32)33)27(31)24-28(26)34-37(10-2,11-3)12-4/h18,20,25-26,28H,9-17,19,21-24H2,1-8H3,(H,32,33)/t25-,26-,28?,30?/m1/s1. The van der Waals surface area contributed by atoms with Crippen LogP contribution >= 0.6 is 0 Å². The summed E-state index contributed by atoms with van der Waals surface area (Å²) in [4.78, 5) is 24.0. The highest BCUT2D eigenvalue weighted by molar-refractivity contribution is 6.73. The SMILES string of the molecule is CCCCC(C)(CC=C[C@H]1C(O[Si](CC)(CC)CC)CC(=O)[C@@H]1CCCCCCC(=O)O)O[Si](C)(C)C. The topological polar surface area (TPSA) is 72.8 Å². The molecule has 4 atom stereocenters. The molecule has 7 heteroatoms. The Labute approximate surface area is 230 Å². The van der Waals surface area contributed by atoms with Crippen molar-refractivity contribution < 1.29 is 23.5 Å². The Morgan fingerprint density at radius 3 is 2.19 bits per heavy atom. The molecule has 0 saturated heterocycles. The van der Waals surface area contributed by atoms with E-state index in [1.54, 1.807) is 0 Å². The molecular formula is C30H58O5Si2. The first-order valence-corrected chi connectivity index (χ1v) is 21.1. The molecule has 1 aliphatic rings. The average Bonchev–Trinajstić information content (AvgIpc) is 3.10. The van der Waals surface area contributed by atoms with Gasteiger partial charge in [0.1, 0.15) is 5.78 Å². The van der Waals surface area contributed by atoms with E-state index in [1.165, 1.54) is 0 Å². The van der Waals surface area contributed by atoms with Crippen LogP contribution in [0.2, 0.25) is 37.8 Å². The molecule has 37 heavy (non-hydrogen) atoms. The van der Waals surface area contributed by atoms with Crippen LogP contribution in [0.25, 0.3) is 0 Å². The van der Waals surface area contributed by atoms with Crippen LogP contribution in [0.15, 0.2) is 12.2 Å². The van der Waals surface area contributed by atoms with Crippen LogP contribution in [0.1, 0.15) is 105 Å². The fourth-order valence-electron chi connectivity index (χ4n) is 5.97. The number of carbonyl (C=O) groups excluding carboxylic acids is 1. The quantitative estimate of drug-likeness (QED) is 0.0925. The van der Waals surface area contributed by atoms with Crippen LogP contribution in [-0.4, -0.2) is 45.2 Å². The Balaban J connectivity index is 3.04. The van der Waals surface area contributed by atoms with Crippen molar-refractivity contribution in [3.63, 3.8) is 0 Å². The van der Waals surface area contributed by atoms with Gasteiger partial charge in [-0.25, -0.2) is 0 Å². The lowest BCUT2D eigenvalue weighted by Gasteiger charge is -2.36. The van der Waals surface area contributed by atoms with Gasteiger partial charge in [0.25, 0.3) is 0 Å². The van der Waals surface area contributed by atoms with E-state index in [9.17, 15) is 9.59 Å². The first-order valence-electron chi connectivity index (χ1n) is 15.1. The minimum absolute atomic E-state index is 0.00733. The van der Waals surface area contributed by atoms with E-state index >= 15 is 0 Å². The number of carboxylic acid groups (broad SMARTS) is 1. The molecule has 1 saturated carbocycles. The molecule has 0 spiro atoms. The van der Waals surface area contributed by atoms with Crippen LogP contribution in [0.3, 0.4) is 0 Å². The first kappa shape index (κ1) is 34.3. The Kier molecular flexibility index (Phi) is 15.2. The number of hydrogen-bond donors (Lipinski definition) is 1. The van der Waals surface area contributed by atoms with Crippen molar-refractivity contribution in [3.8, 4) is 0 Å². The summed E-state index contributed by atoms with van der Waals surface area (Å²) in [6, 6.07) is 3.28. The molecule has 0 amide bonds. The van der Waals surface area contributed by atoms with E-state index in [0.717, 1.165) is 69.5 Å². The molecule has 0 bridgehead atoms. The van der Waals surface area contributed by atoms with E-state index in [4.69, 9.17) is 14.0 Å². The Hall–Kier alpha value is -0.766. The van der Waals surface area contributed by atoms with Crippen LogP contribution in [0, 0.1) is 11.8 Å². The van der Waals surface area contributed by atoms with Crippen LogP contribution in [0.4, 0.5) is 0 Å². The number of carbonyl (C=O) groups is 2. The summed E-state index contributed by atoms with van der Waals surface area (Å²) in [7, 11) is -3.52. The van der Waals surface area contributed by atoms with Gasteiger partial charge in [-0.1, -0.05) is 72.0 Å². The highest BCUT2D eigenvalue weighted by Gasteiger charge is 2.44. The molecule has 0 aromatic heterocycles. The molecule has 0 radical (unpaired) electrons. The number of carboxylic acids is 1. The molecule has 1 aliphatic carbocycles. The summed E-state index contributed by atoms with van der Waals surface area (Å²) in [6.07, 6.45) is 14.1. The molecule has 216 valence electrons. The van der Waals surface area contributed by atoms with Crippen molar-refractivity contribution in [2.75, 3.05) is 0 Å². The van der Waals surface area contributed by atoms with E-state index in [1.807, 2.05) is 0 Å². The van der Waals surface area contributed by atoms with Crippen molar-refractivity contribution in [1.29, 1.82) is 0 Å². The summed E-state index contributed by atoms with van der Waals surface area (Å²) >= 11 is 0. The van der Waals surface area contributed by atoms with Gasteiger partial charge in [0.05, 0.1) is 11.7 Å². The molecule has 0 aromatic carbocycles. The molecular weight excluding hydrogens is 496 g/mol. The highest BCUT2D eigenvalue weighted by atomic mass is 28.4. The zero-order valence-corrected chi connectivity index (χ0v) is 27.4. The molecule has 1 N–H and O–H groups in total. The zero-order valence-electron chi connectivity index (χ0n) is 25.4. The fourth-order valence-corrected chi connectivity index (χ4v) is 10.5. The molecule has 5 nitrogen and oxygen atoms in total. The summed E-state index contributed by atoms with van der Waals surface area (Å²) < 4.78 is 13.6. The molecule has 2 unspecified atom stereocenters. The predicted octanol–water partition coefficient (Wildman–Crippen LogP) is 8.75. The fraction of sp³-hybridized carbons (Fsp3) is 0.867. The maximum absolute atomic E-state index is 13.2. The summed E-state index contributed by atoms with van der Waals surface area (Å²) in [6.45, 7) is 18.0. The normalized spacial score (nSPS) is 22.6. The van der Waals surface area contributed by atoms with Gasteiger partial charge in [0.2, 0.25) is 0 Å². The van der Waals surface area contributed by atoms with E-state index < -0.39 is 22.6 Å². The van der Waals surface area contributed by atoms with Crippen molar-refractivity contribution in [2.45, 2.75) is 155 Å². The van der Waals surface area contributed by atoms with Gasteiger partial charge in [-0.05, 0) is 70.4 Å². The number of unbranched alkanes of at least 4 members (excludes halogenated alkanes) is 4. The number of rotatable bonds is 20. The van der Waals surface area contributed by atoms with Gasteiger partial charge < -0.3 is 14.0 Å². The van der Waals surface area contributed by atoms with E-state index in [2.05, 4.69) is 66.4 Å². The Bertz CT molecular complexity index is 705. The number of Topliss-reactive ketones (excluding diaryl/α,β-unsaturated/α-hetero) is 1. The van der Waals surface area contributed by atoms with Crippen LogP contribution in [-0.2, 0) is 18.4 Å². The first-order chi connectivity index (χ1) is 17.3. The van der Waals surface area contributed by atoms with Gasteiger partial charge in [-0.2, -0.15) is 0 Å². The predicted molar refractivity (Wildman–Crippen MR) is 160 cm³/mol. The molecule has 0 heterocycles. The summed E-state index contributed by atoms with van der Waals surface area (Å²) in [5.74, 6) is -0.234. The number of ketones is 1. The third-order valence-corrected chi connectivity index (χ3v) is 14.0. The Morgan fingerprint density at radius 2 is 1.65 bits per heavy atom. The van der Waals surface area contributed by atoms with Gasteiger partial charge in [0.15, 0.2) is 16.6 Å². The van der Waals surface area contributed by atoms with Crippen LogP contribution in [0.5, 0.6) is 0 Å². The lowest BCUT2D eigenvalue weighted by atomic mass is 9.87. The maximum Gasteiger partial charge on any atom is 0.303 e. The summed E-state index contributed by atoms with van der Waals surface area (Å²) in [5, 5.41) is 8.88. The number of hydrogen-bond acceptors (Lipinski definition) is 4. The molecule has 1 rings (SSSR count). The van der Waals surface area contributed by atoms with Crippen molar-refractivity contribution in [3.05, 3.63) is 12.2 Å². The lowest BCUT2D eigenvalue weighted by Crippen LogP contribution is -2.41. The second kappa shape index (κ2) is 16.4. The zero-order chi connectivity index (χ0) is 28.1. The highest BCUT2D eigenvalue weighted by Crippen LogP contribution is 2.40. The average molecular weight is 555 g/mol. The van der Waals surface area contributed by atoms with E-state index in [0.29, 0.717) is 18.6 Å². The third kappa shape index (κ3) is 12.3. The maximum atomic E-state index is 13.2. The van der Waals surface area contributed by atoms with Crippen LogP contribution < -0.4 is 0 Å². The summed E-state index contributed by atoms with van der Waals surface area (Å²) in [5.41, 5.74) is -0.162. The van der Waals surface area contributed by atoms with Crippen molar-refractivity contribution in [2.24, 2.45) is 11.8 Å². The van der Waals surface area contributed by atoms with Gasteiger partial charge in [-0.3, -0.25) is 9.59 Å². The molecule has 0 aromatic rings. The van der Waals surface area contributed by atoms with E-state index in [-0.39, 0.29) is 30.0 Å². The van der Waals surface area contributed by atoms with Gasteiger partial charge in [-0.15, -0.1) is 0 Å². The molecule has 1 fully saturated rings. The largest absolute Gasteiger partial charge is 0.481 e. The molecule has 0 aliphatic heterocycles. The van der Waals surface area contributed by atoms with Crippen molar-refractivity contribution >= 4 is 28.4 Å². The Morgan fingerprint density at radius 1 is 1.03 bits per heavy atom. The van der Waals surface area contributed by atoms with Crippen molar-refractivity contribution in [1.82, 2.24) is 0 Å². The third-order valence-electron chi connectivity index (χ3n) is 8.22. The van der Waals surface area contributed by atoms with Gasteiger partial charge >= 0.3 is 5.97 Å². The lowest BCUT2D eigenvalue weighted by molar-refractivity contribution is -0.137. The second-order valence-electron chi connectivity index (χ2n) is 12.5. The smallest absolute Gasteiger partial charge is 0.303 e. The minimum atomic E-state index is -1.83.